The first-order valence-electron chi connectivity index (χ1n) is 17.2. The van der Waals surface area contributed by atoms with Gasteiger partial charge in [0, 0.05) is 43.0 Å². The van der Waals surface area contributed by atoms with Crippen LogP contribution in [0, 0.1) is 19.8 Å². The first-order valence-corrected chi connectivity index (χ1v) is 18.7. The molecule has 0 bridgehead atoms. The Bertz CT molecular complexity index is 1850. The van der Waals surface area contributed by atoms with E-state index in [4.69, 9.17) is 9.26 Å². The van der Waals surface area contributed by atoms with Crippen LogP contribution in [0.2, 0.25) is 0 Å². The molecule has 0 spiro atoms. The standard InChI is InChI=1S/C36H44F3N5O6S/c1-4-49-22-28-20-26(15-16-29(28)30-12-7-8-13-31(30)51(47,48)42-34-24(2)25(3)50-41-34)21-44-32(17-18-36(37,38)39)40-23-43(19-9-14-33(44)45)35(46)27-10-5-6-11-27/h7-8,12-13,15-16,20,27H,4-6,9-11,14,17-19,21-23H2,1-3H3,(H,41,42). The Morgan fingerprint density at radius 1 is 1.08 bits per heavy atom. The van der Waals surface area contributed by atoms with E-state index in [1.807, 2.05) is 6.92 Å². The van der Waals surface area contributed by atoms with Crippen molar-refractivity contribution in [2.75, 3.05) is 24.5 Å². The molecular formula is C36H44F3N5O6S. The quantitative estimate of drug-likeness (QED) is 0.209. The zero-order valence-corrected chi connectivity index (χ0v) is 29.9. The van der Waals surface area contributed by atoms with E-state index in [1.165, 1.54) is 11.0 Å². The largest absolute Gasteiger partial charge is 0.389 e. The number of carbonyl (C=O) groups excluding carboxylic acids is 2. The lowest BCUT2D eigenvalue weighted by atomic mass is 9.97. The number of aromatic nitrogens is 1. The van der Waals surface area contributed by atoms with Gasteiger partial charge in [-0.25, -0.2) is 8.42 Å². The topological polar surface area (TPSA) is 134 Å². The number of amides is 2. The molecule has 51 heavy (non-hydrogen) atoms. The highest BCUT2D eigenvalue weighted by molar-refractivity contribution is 7.92. The Hall–Kier alpha value is -4.24. The number of nitrogens with zero attached hydrogens (tertiary/aromatic N) is 4. The second kappa shape index (κ2) is 16.4. The first kappa shape index (κ1) is 38.0. The number of hydrogen-bond acceptors (Lipinski definition) is 8. The zero-order chi connectivity index (χ0) is 36.8. The number of halogens is 3. The van der Waals surface area contributed by atoms with Crippen LogP contribution in [0.15, 0.2) is 56.9 Å². The Morgan fingerprint density at radius 3 is 2.51 bits per heavy atom. The molecular weight excluding hydrogens is 687 g/mol. The predicted molar refractivity (Wildman–Crippen MR) is 185 cm³/mol. The SMILES string of the molecule is CCOCc1cc(CN2C(=O)CCCN(C(=O)C3CCCC3)CN=C2CCC(F)(F)F)ccc1-c1ccccc1S(=O)(=O)Nc1noc(C)c1C. The summed E-state index contributed by atoms with van der Waals surface area (Å²) in [5.74, 6) is -0.0456. The molecule has 1 N–H and O–H groups in total. The van der Waals surface area contributed by atoms with E-state index < -0.39 is 29.0 Å². The number of nitrogens with one attached hydrogen (secondary N) is 1. The number of ether oxygens (including phenoxy) is 1. The summed E-state index contributed by atoms with van der Waals surface area (Å²) in [5, 5.41) is 3.83. The number of benzene rings is 2. The van der Waals surface area contributed by atoms with Gasteiger partial charge in [0.2, 0.25) is 11.8 Å². The smallest absolute Gasteiger partial charge is 0.377 e. The molecule has 0 atom stereocenters. The highest BCUT2D eigenvalue weighted by atomic mass is 32.2. The van der Waals surface area contributed by atoms with Crippen LogP contribution < -0.4 is 4.72 Å². The normalized spacial score (nSPS) is 16.5. The van der Waals surface area contributed by atoms with Crippen molar-refractivity contribution in [2.24, 2.45) is 10.9 Å². The Balaban J connectivity index is 1.48. The van der Waals surface area contributed by atoms with E-state index in [0.717, 1.165) is 25.7 Å². The summed E-state index contributed by atoms with van der Waals surface area (Å²) in [7, 11) is -4.13. The van der Waals surface area contributed by atoms with E-state index >= 15 is 0 Å². The fourth-order valence-electron chi connectivity index (χ4n) is 6.42. The maximum atomic E-state index is 13.7. The number of sulfonamides is 1. The molecule has 5 rings (SSSR count). The van der Waals surface area contributed by atoms with Crippen molar-refractivity contribution < 1.29 is 40.4 Å². The van der Waals surface area contributed by atoms with Gasteiger partial charge >= 0.3 is 6.18 Å². The van der Waals surface area contributed by atoms with Gasteiger partial charge in [-0.15, -0.1) is 0 Å². The number of anilines is 1. The summed E-state index contributed by atoms with van der Waals surface area (Å²) in [4.78, 5) is 34.2. The molecule has 11 nitrogen and oxygen atoms in total. The minimum absolute atomic E-state index is 0.0102. The molecule has 2 aliphatic rings. The molecule has 15 heteroatoms. The van der Waals surface area contributed by atoms with E-state index in [-0.39, 0.29) is 60.5 Å². The minimum Gasteiger partial charge on any atom is -0.377 e. The fraction of sp³-hybridized carbons (Fsp3) is 0.500. The van der Waals surface area contributed by atoms with Crippen LogP contribution in [-0.2, 0) is 37.5 Å². The predicted octanol–water partition coefficient (Wildman–Crippen LogP) is 7.14. The van der Waals surface area contributed by atoms with Gasteiger partial charge in [0.15, 0.2) is 5.82 Å². The van der Waals surface area contributed by atoms with E-state index in [9.17, 15) is 31.2 Å². The van der Waals surface area contributed by atoms with Crippen LogP contribution in [-0.4, -0.2) is 67.0 Å². The number of alkyl halides is 3. The lowest BCUT2D eigenvalue weighted by Gasteiger charge is -2.26. The molecule has 2 heterocycles. The molecule has 0 saturated heterocycles. The number of hydrogen-bond donors (Lipinski definition) is 1. The molecule has 276 valence electrons. The van der Waals surface area contributed by atoms with Gasteiger partial charge in [-0.3, -0.25) is 24.2 Å². The Labute approximate surface area is 296 Å². The van der Waals surface area contributed by atoms with Crippen molar-refractivity contribution >= 4 is 33.5 Å². The third-order valence-electron chi connectivity index (χ3n) is 9.33. The molecule has 1 fully saturated rings. The number of amidine groups is 1. The molecule has 1 aromatic heterocycles. The summed E-state index contributed by atoms with van der Waals surface area (Å²) in [6.07, 6.45) is -2.31. The molecule has 1 aliphatic carbocycles. The van der Waals surface area contributed by atoms with Crippen molar-refractivity contribution in [1.29, 1.82) is 0 Å². The van der Waals surface area contributed by atoms with Crippen molar-refractivity contribution in [2.45, 2.75) is 96.4 Å². The second-order valence-electron chi connectivity index (χ2n) is 12.9. The van der Waals surface area contributed by atoms with Crippen LogP contribution in [0.3, 0.4) is 0 Å². The molecule has 2 amide bonds. The van der Waals surface area contributed by atoms with Crippen LogP contribution in [0.5, 0.6) is 0 Å². The maximum Gasteiger partial charge on any atom is 0.389 e. The summed E-state index contributed by atoms with van der Waals surface area (Å²) >= 11 is 0. The maximum absolute atomic E-state index is 13.7. The van der Waals surface area contributed by atoms with Gasteiger partial charge in [-0.2, -0.15) is 13.2 Å². The zero-order valence-electron chi connectivity index (χ0n) is 29.1. The average Bonchev–Trinajstić information content (AvgIpc) is 3.76. The Kier molecular flexibility index (Phi) is 12.2. The van der Waals surface area contributed by atoms with Gasteiger partial charge in [-0.1, -0.05) is 54.4 Å². The lowest BCUT2D eigenvalue weighted by Crippen LogP contribution is -2.38. The third-order valence-corrected chi connectivity index (χ3v) is 10.7. The van der Waals surface area contributed by atoms with Gasteiger partial charge in [-0.05, 0) is 62.8 Å². The number of aryl methyl sites for hydroxylation is 1. The van der Waals surface area contributed by atoms with Crippen molar-refractivity contribution in [3.05, 3.63) is 64.9 Å². The Morgan fingerprint density at radius 2 is 1.82 bits per heavy atom. The highest BCUT2D eigenvalue weighted by Crippen LogP contribution is 2.34. The second-order valence-corrected chi connectivity index (χ2v) is 14.6. The van der Waals surface area contributed by atoms with Crippen molar-refractivity contribution in [3.8, 4) is 11.1 Å². The van der Waals surface area contributed by atoms with Gasteiger partial charge < -0.3 is 14.2 Å². The van der Waals surface area contributed by atoms with Crippen LogP contribution >= 0.6 is 0 Å². The summed E-state index contributed by atoms with van der Waals surface area (Å²) in [6, 6.07) is 11.7. The molecule has 3 aromatic rings. The molecule has 0 unspecified atom stereocenters. The third kappa shape index (κ3) is 9.56. The first-order chi connectivity index (χ1) is 24.3. The van der Waals surface area contributed by atoms with Crippen LogP contribution in [0.4, 0.5) is 19.0 Å². The minimum atomic E-state index is -4.48. The van der Waals surface area contributed by atoms with Gasteiger partial charge in [0.05, 0.1) is 24.5 Å². The molecule has 1 aliphatic heterocycles. The number of aliphatic imine (C=N–C) groups is 1. The van der Waals surface area contributed by atoms with Crippen molar-refractivity contribution in [1.82, 2.24) is 15.0 Å². The van der Waals surface area contributed by atoms with Gasteiger partial charge in [0.25, 0.3) is 10.0 Å². The monoisotopic (exact) mass is 731 g/mol. The van der Waals surface area contributed by atoms with Gasteiger partial charge in [0.1, 0.15) is 18.3 Å². The molecule has 1 saturated carbocycles. The van der Waals surface area contributed by atoms with E-state index in [0.29, 0.717) is 53.1 Å². The van der Waals surface area contributed by atoms with E-state index in [1.54, 1.807) is 55.1 Å². The van der Waals surface area contributed by atoms with E-state index in [2.05, 4.69) is 14.9 Å². The molecule has 0 radical (unpaired) electrons. The highest BCUT2D eigenvalue weighted by Gasteiger charge is 2.32. The lowest BCUT2D eigenvalue weighted by molar-refractivity contribution is -0.135. The summed E-state index contributed by atoms with van der Waals surface area (Å²) in [6.45, 7) is 5.76. The summed E-state index contributed by atoms with van der Waals surface area (Å²) < 4.78 is 81.2. The average molecular weight is 732 g/mol. The van der Waals surface area contributed by atoms with Crippen molar-refractivity contribution in [3.63, 3.8) is 0 Å². The number of carbonyl (C=O) groups is 2. The number of rotatable bonds is 12. The fourth-order valence-corrected chi connectivity index (χ4v) is 7.70. The van der Waals surface area contributed by atoms with Crippen LogP contribution in [0.25, 0.3) is 11.1 Å². The van der Waals surface area contributed by atoms with Crippen LogP contribution in [0.1, 0.15) is 80.7 Å². The molecule has 2 aromatic carbocycles. The summed E-state index contributed by atoms with van der Waals surface area (Å²) in [5.41, 5.74) is 2.71.